The van der Waals surface area contributed by atoms with E-state index in [4.69, 9.17) is 53.1 Å². The summed E-state index contributed by atoms with van der Waals surface area (Å²) in [5.74, 6) is 5.65. The van der Waals surface area contributed by atoms with Crippen LogP contribution in [0.4, 0.5) is 19.2 Å². The number of aromatic hydroxyl groups is 1. The Morgan fingerprint density at radius 3 is 0.905 bits per heavy atom. The number of esters is 2. The molecule has 0 saturated heterocycles. The molecule has 0 spiro atoms. The van der Waals surface area contributed by atoms with E-state index in [9.17, 15) is 38.1 Å². The molecule has 10 aliphatic rings. The average Bonchev–Trinajstić information content (AvgIpc) is 0.757. The maximum Gasteiger partial charge on any atom is 0.407 e. The predicted molar refractivity (Wildman–Crippen MR) is 577 cm³/mol. The Balaban J connectivity index is 0.000000138. The Kier molecular flexibility index (Phi) is 38.8. The first-order valence-corrected chi connectivity index (χ1v) is 56.8. The van der Waals surface area contributed by atoms with Gasteiger partial charge in [-0.25, -0.2) is 19.2 Å². The van der Waals surface area contributed by atoms with Gasteiger partial charge in [-0.3, -0.25) is 13.8 Å². The molecule has 788 valence electrons. The number of nitrogens with one attached hydrogen (secondary N) is 4. The molecular formula is C122H155N5O18S2. The van der Waals surface area contributed by atoms with Gasteiger partial charge in [-0.2, -0.15) is 0 Å². The number of carbonyl (C=O) groups excluding carboxylic acids is 6. The number of phenolic OH excluding ortho intramolecular Hbond substituents is 1. The SMILES string of the molecule is CC(=O)OCOc1ccc2c(c1)[C@@]1(C)CCCCC[C@@H](C2)[C@@H]1N.CC(=O)OCOc1ccc2c(c1)[C@@]1(C)CCCCC[C@@H](C2)[C@@H]1NC(=O)OCc1ccccc1.CS(=O)COc1ccc2c(c1)[C@@]1(C)CCCCC[C@@H](C2)[C@@H]1NC(=O)OCc1ccccc1.CSCOc1ccc2c(c1)[C@@]1(C)CCCCC[C@@H](C2)[C@@H]1NC(=O)OCc1ccccc1.C[C@@]12CCCCC[C@@H](Cc3ccc(O)cc31)[C@@H]2NC(=O)OCc1ccccc1. The highest BCUT2D eigenvalue weighted by molar-refractivity contribution is 7.98. The van der Waals surface area contributed by atoms with Gasteiger partial charge in [0.15, 0.2) is 5.94 Å². The van der Waals surface area contributed by atoms with Crippen LogP contribution in [0, 0.1) is 29.6 Å². The normalized spacial score (nSPS) is 25.9. The molecule has 1 unspecified atom stereocenters. The van der Waals surface area contributed by atoms with E-state index in [0.29, 0.717) is 53.6 Å². The Bertz CT molecular complexity index is 5880. The molecule has 0 heterocycles. The van der Waals surface area contributed by atoms with Gasteiger partial charge in [-0.05, 0) is 271 Å². The van der Waals surface area contributed by atoms with Crippen molar-refractivity contribution in [1.29, 1.82) is 0 Å². The van der Waals surface area contributed by atoms with E-state index in [1.54, 1.807) is 24.1 Å². The number of amides is 4. The summed E-state index contributed by atoms with van der Waals surface area (Å²) in [5.41, 5.74) is 22.9. The van der Waals surface area contributed by atoms with E-state index >= 15 is 0 Å². The average molecular weight is 2040 g/mol. The van der Waals surface area contributed by atoms with Crippen molar-refractivity contribution >= 4 is 58.9 Å². The van der Waals surface area contributed by atoms with Gasteiger partial charge in [0.25, 0.3) is 0 Å². The van der Waals surface area contributed by atoms with Crippen LogP contribution >= 0.6 is 11.8 Å². The first-order chi connectivity index (χ1) is 71.1. The van der Waals surface area contributed by atoms with Crippen LogP contribution in [-0.2, 0) is 134 Å². The van der Waals surface area contributed by atoms with Crippen molar-refractivity contribution in [2.75, 3.05) is 38.0 Å². The summed E-state index contributed by atoms with van der Waals surface area (Å²) in [4.78, 5) is 73.0. The molecule has 25 heteroatoms. The maximum absolute atomic E-state index is 12.8. The second kappa shape index (κ2) is 52.1. The fraction of sp³-hybridized carbons (Fsp3) is 0.508. The highest BCUT2D eigenvalue weighted by Gasteiger charge is 2.53. The summed E-state index contributed by atoms with van der Waals surface area (Å²) >= 11 is 1.67. The number of phenols is 1. The molecule has 19 rings (SSSR count). The second-order valence-electron chi connectivity index (χ2n) is 43.5. The lowest BCUT2D eigenvalue weighted by molar-refractivity contribution is -0.148. The van der Waals surface area contributed by atoms with Crippen LogP contribution in [0.15, 0.2) is 212 Å². The third-order valence-electron chi connectivity index (χ3n) is 33.3. The molecule has 16 atom stereocenters. The third-order valence-corrected chi connectivity index (χ3v) is 34.1. The molecule has 4 amide bonds. The molecular weight excluding hydrogens is 1890 g/mol. The highest BCUT2D eigenvalue weighted by Crippen LogP contribution is 2.54. The minimum Gasteiger partial charge on any atom is -0.508 e. The van der Waals surface area contributed by atoms with Gasteiger partial charge in [0.05, 0.1) is 10.8 Å². The van der Waals surface area contributed by atoms with Crippen LogP contribution in [-0.4, -0.2) is 114 Å². The van der Waals surface area contributed by atoms with Gasteiger partial charge >= 0.3 is 36.3 Å². The van der Waals surface area contributed by atoms with E-state index in [1.165, 1.54) is 153 Å². The minimum absolute atomic E-state index is 0.00845. The molecule has 0 radical (unpaired) electrons. The summed E-state index contributed by atoms with van der Waals surface area (Å²) in [6.45, 7) is 15.1. The lowest BCUT2D eigenvalue weighted by Gasteiger charge is -2.49. The molecule has 147 heavy (non-hydrogen) atoms. The lowest BCUT2D eigenvalue weighted by Crippen LogP contribution is -2.57. The van der Waals surface area contributed by atoms with Crippen molar-refractivity contribution in [1.82, 2.24) is 21.3 Å². The first kappa shape index (κ1) is 110. The lowest BCUT2D eigenvalue weighted by atomic mass is 9.59. The number of benzene rings is 9. The van der Waals surface area contributed by atoms with Crippen LogP contribution in [0.25, 0.3) is 0 Å². The topological polar surface area (TPSA) is 306 Å². The van der Waals surface area contributed by atoms with Crippen molar-refractivity contribution in [2.24, 2.45) is 35.3 Å². The van der Waals surface area contributed by atoms with Gasteiger partial charge in [0.2, 0.25) is 13.6 Å². The van der Waals surface area contributed by atoms with Crippen molar-refractivity contribution in [2.45, 2.75) is 325 Å². The fourth-order valence-electron chi connectivity index (χ4n) is 25.7. The van der Waals surface area contributed by atoms with Gasteiger partial charge in [-0.1, -0.05) is 283 Å². The van der Waals surface area contributed by atoms with E-state index in [0.717, 1.165) is 149 Å². The number of hydrogen-bond acceptors (Lipinski definition) is 20. The zero-order valence-corrected chi connectivity index (χ0v) is 89.3. The van der Waals surface area contributed by atoms with Crippen LogP contribution in [0.2, 0.25) is 0 Å². The standard InChI is InChI=1S/C27H33NO5.C26H33NO4S.C26H33NO3S.C24H29NO3.C19H27NO3/c1-19(29)32-18-33-23-13-12-21-15-22-11-7-4-8-14-27(2,24(21)16-23)25(22)28-26(30)31-17-20-9-5-3-6-10-20;1-26-14-8-4-7-11-21(15-20-12-13-22(16-23(20)26)31-18-32(2)29)24(26)27-25(28)30-17-19-9-5-3-6-10-19;1-26-14-8-4-7-11-21(15-20-12-13-22(16-23(20)26)30-18-31-2)24(26)27-25(28)29-17-19-9-5-3-6-10-19;1-24-13-7-3-6-10-19(14-18-11-12-20(26)15-21(18)24)22(24)25-23(27)28-16-17-8-4-2-5-9-17;1-13(21)22-12-23-16-8-7-14-10-15-6-4-3-5-9-19(2,18(15)20)17(14)11-16/h3,5-6,9-10,12-13,16,22,25H,4,7-8,11,14-15,17-18H2,1-2H3,(H,28,30);3,5-6,9-10,12-13,16,21,24H,4,7-8,11,14-15,17-18H2,1-2H3,(H,27,28);3,5-6,9-10,12-13,16,21,24H,4,7-8,11,14-15,17-18H2,1-2H3,(H,27,28);2,4-5,8-9,11-12,15,19,22,26H,3,6-7,10,13-14,16H2,1H3,(H,25,27);7-8,11,15,18H,3-6,9-10,12,20H2,1-2H3/t22-,25-,27+;21-,24-,26+,32?;21-,24-,26+;19-,22-,24+;15-,18-,19+/m00000/s1. The molecule has 9 aromatic rings. The molecule has 0 aromatic heterocycles. The second-order valence-corrected chi connectivity index (χ2v) is 45.7. The maximum atomic E-state index is 12.8. The Morgan fingerprint density at radius 1 is 0.340 bits per heavy atom. The molecule has 9 aromatic carbocycles. The Morgan fingerprint density at radius 2 is 0.605 bits per heavy atom. The van der Waals surface area contributed by atoms with Crippen molar-refractivity contribution in [3.05, 3.63) is 290 Å². The van der Waals surface area contributed by atoms with Gasteiger partial charge in [-0.15, -0.1) is 11.8 Å². The molecule has 5 saturated carbocycles. The van der Waals surface area contributed by atoms with E-state index in [2.05, 4.69) is 117 Å². The smallest absolute Gasteiger partial charge is 0.407 e. The van der Waals surface area contributed by atoms with E-state index in [-0.39, 0.29) is 133 Å². The predicted octanol–water partition coefficient (Wildman–Crippen LogP) is 24.8. The van der Waals surface area contributed by atoms with E-state index in [1.807, 2.05) is 152 Å². The number of thioether (sulfide) groups is 1. The number of carbonyl (C=O) groups is 6. The van der Waals surface area contributed by atoms with Crippen molar-refractivity contribution in [3.63, 3.8) is 0 Å². The largest absolute Gasteiger partial charge is 0.508 e. The number of alkyl carbamates (subject to hydrolysis) is 4. The monoisotopic (exact) mass is 2040 g/mol. The summed E-state index contributed by atoms with van der Waals surface area (Å²) in [6, 6.07) is 70.3. The van der Waals surface area contributed by atoms with E-state index < -0.39 is 10.8 Å². The quantitative estimate of drug-likeness (QED) is 0.0186. The fourth-order valence-corrected chi connectivity index (χ4v) is 26.2. The van der Waals surface area contributed by atoms with Gasteiger partial charge in [0.1, 0.15) is 61.1 Å². The summed E-state index contributed by atoms with van der Waals surface area (Å²) in [5, 5.41) is 23.1. The summed E-state index contributed by atoms with van der Waals surface area (Å²) in [7, 11) is -1.02. The molecule has 7 N–H and O–H groups in total. The van der Waals surface area contributed by atoms with Crippen LogP contribution in [0.5, 0.6) is 28.7 Å². The zero-order chi connectivity index (χ0) is 104. The molecule has 23 nitrogen and oxygen atoms in total. The van der Waals surface area contributed by atoms with Crippen LogP contribution < -0.4 is 45.9 Å². The highest BCUT2D eigenvalue weighted by atomic mass is 32.2. The van der Waals surface area contributed by atoms with Crippen LogP contribution in [0.3, 0.4) is 0 Å². The summed E-state index contributed by atoms with van der Waals surface area (Å²) < 4.78 is 66.5. The van der Waals surface area contributed by atoms with Crippen LogP contribution in [0.1, 0.15) is 287 Å². The summed E-state index contributed by atoms with van der Waals surface area (Å²) in [6.07, 6.45) is 36.1. The number of rotatable bonds is 24. The molecule has 10 aliphatic carbocycles. The Labute approximate surface area is 877 Å². The number of hydrogen-bond donors (Lipinski definition) is 6. The third kappa shape index (κ3) is 28.6. The first-order valence-electron chi connectivity index (χ1n) is 53.7. The van der Waals surface area contributed by atoms with Crippen molar-refractivity contribution < 1.29 is 85.5 Å². The molecule has 5 fully saturated rings. The molecule has 10 bridgehead atoms. The minimum atomic E-state index is -1.02. The number of fused-ring (bicyclic) bond motifs is 20. The molecule has 0 aliphatic heterocycles. The van der Waals surface area contributed by atoms with Gasteiger partial charge < -0.3 is 79.5 Å². The number of ether oxygens (including phenoxy) is 10. The number of nitrogens with two attached hydrogens (primary N) is 1. The van der Waals surface area contributed by atoms with Crippen molar-refractivity contribution in [3.8, 4) is 28.7 Å². The Hall–Kier alpha value is -11.5. The van der Waals surface area contributed by atoms with Gasteiger partial charge in [0, 0.05) is 77.4 Å². The zero-order valence-electron chi connectivity index (χ0n) is 87.6.